The van der Waals surface area contributed by atoms with Crippen molar-refractivity contribution in [3.63, 3.8) is 0 Å². The molecule has 0 saturated carbocycles. The Morgan fingerprint density at radius 1 is 1.47 bits per heavy atom. The second-order valence-corrected chi connectivity index (χ2v) is 3.69. The van der Waals surface area contributed by atoms with Gasteiger partial charge in [-0.3, -0.25) is 9.59 Å². The van der Waals surface area contributed by atoms with E-state index in [0.29, 0.717) is 19.4 Å². The van der Waals surface area contributed by atoms with E-state index >= 15 is 0 Å². The molecule has 5 nitrogen and oxygen atoms in total. The lowest BCUT2D eigenvalue weighted by Crippen LogP contribution is -2.28. The van der Waals surface area contributed by atoms with Crippen molar-refractivity contribution >= 4 is 11.9 Å². The number of carboxylic acids is 1. The van der Waals surface area contributed by atoms with Crippen LogP contribution < -0.4 is 5.32 Å². The Morgan fingerprint density at radius 2 is 2.27 bits per heavy atom. The monoisotopic (exact) mass is 215 g/mol. The predicted molar refractivity (Wildman–Crippen MR) is 53.5 cm³/mol. The highest BCUT2D eigenvalue weighted by atomic mass is 16.5. The minimum atomic E-state index is -0.830. The zero-order valence-electron chi connectivity index (χ0n) is 8.70. The summed E-state index contributed by atoms with van der Waals surface area (Å²) in [6.07, 6.45) is 3.00. The van der Waals surface area contributed by atoms with Gasteiger partial charge in [-0.05, 0) is 19.3 Å². The Labute approximate surface area is 88.8 Å². The van der Waals surface area contributed by atoms with Crippen LogP contribution in [0.25, 0.3) is 0 Å². The Balaban J connectivity index is 2.00. The topological polar surface area (TPSA) is 75.6 Å². The van der Waals surface area contributed by atoms with Crippen LogP contribution in [0.4, 0.5) is 0 Å². The number of carboxylic acid groups (broad SMARTS) is 1. The third-order valence-corrected chi connectivity index (χ3v) is 2.33. The highest BCUT2D eigenvalue weighted by Gasteiger charge is 2.18. The number of rotatable bonds is 6. The van der Waals surface area contributed by atoms with Gasteiger partial charge in [0.05, 0.1) is 12.5 Å². The molecule has 0 radical (unpaired) electrons. The predicted octanol–water partition coefficient (Wildman–Crippen LogP) is 0.536. The van der Waals surface area contributed by atoms with E-state index in [1.165, 1.54) is 0 Å². The molecule has 0 spiro atoms. The van der Waals surface area contributed by atoms with Gasteiger partial charge in [0.25, 0.3) is 0 Å². The highest BCUT2D eigenvalue weighted by Crippen LogP contribution is 2.14. The van der Waals surface area contributed by atoms with Crippen molar-refractivity contribution < 1.29 is 19.4 Å². The second kappa shape index (κ2) is 6.40. The molecule has 15 heavy (non-hydrogen) atoms. The summed E-state index contributed by atoms with van der Waals surface area (Å²) in [7, 11) is 0. The molecule has 1 unspecified atom stereocenters. The van der Waals surface area contributed by atoms with Crippen LogP contribution >= 0.6 is 0 Å². The summed E-state index contributed by atoms with van der Waals surface area (Å²) in [5.74, 6) is -0.879. The lowest BCUT2D eigenvalue weighted by atomic mass is 10.2. The van der Waals surface area contributed by atoms with Gasteiger partial charge in [0.2, 0.25) is 5.91 Å². The maximum Gasteiger partial charge on any atom is 0.303 e. The summed E-state index contributed by atoms with van der Waals surface area (Å²) in [6, 6.07) is 0. The molecule has 0 aromatic heterocycles. The second-order valence-electron chi connectivity index (χ2n) is 3.69. The average molecular weight is 215 g/mol. The van der Waals surface area contributed by atoms with E-state index in [0.717, 1.165) is 19.4 Å². The van der Waals surface area contributed by atoms with Crippen LogP contribution in [-0.4, -0.2) is 36.2 Å². The van der Waals surface area contributed by atoms with Gasteiger partial charge in [-0.25, -0.2) is 0 Å². The molecule has 1 saturated heterocycles. The number of nitrogens with one attached hydrogen (secondary N) is 1. The van der Waals surface area contributed by atoms with E-state index in [1.807, 2.05) is 0 Å². The molecule has 1 aliphatic rings. The van der Waals surface area contributed by atoms with Crippen LogP contribution in [-0.2, 0) is 14.3 Å². The maximum absolute atomic E-state index is 11.3. The third kappa shape index (κ3) is 5.37. The first kappa shape index (κ1) is 12.0. The first-order valence-corrected chi connectivity index (χ1v) is 5.28. The lowest BCUT2D eigenvalue weighted by molar-refractivity contribution is -0.137. The van der Waals surface area contributed by atoms with E-state index < -0.39 is 5.97 Å². The lowest BCUT2D eigenvalue weighted by Gasteiger charge is -2.09. The SMILES string of the molecule is O=C(O)CCCNC(=O)CC1CCCO1. The van der Waals surface area contributed by atoms with E-state index in [1.54, 1.807) is 0 Å². The van der Waals surface area contributed by atoms with Gasteiger partial charge >= 0.3 is 5.97 Å². The Kier molecular flexibility index (Phi) is 5.10. The van der Waals surface area contributed by atoms with E-state index in [4.69, 9.17) is 9.84 Å². The van der Waals surface area contributed by atoms with E-state index in [9.17, 15) is 9.59 Å². The molecule has 1 amide bonds. The van der Waals surface area contributed by atoms with Gasteiger partial charge in [-0.2, -0.15) is 0 Å². The quantitative estimate of drug-likeness (QED) is 0.634. The Hall–Kier alpha value is -1.10. The standard InChI is InChI=1S/C10H17NO4/c12-9(7-8-3-2-6-15-8)11-5-1-4-10(13)14/h8H,1-7H2,(H,11,12)(H,13,14). The van der Waals surface area contributed by atoms with Crippen LogP contribution in [0.1, 0.15) is 32.1 Å². The van der Waals surface area contributed by atoms with Gasteiger partial charge in [0.1, 0.15) is 0 Å². The fourth-order valence-electron chi connectivity index (χ4n) is 1.55. The first-order valence-electron chi connectivity index (χ1n) is 5.28. The van der Waals surface area contributed by atoms with Crippen molar-refractivity contribution in [2.24, 2.45) is 0 Å². The van der Waals surface area contributed by atoms with Gasteiger partial charge in [0, 0.05) is 19.6 Å². The maximum atomic E-state index is 11.3. The van der Waals surface area contributed by atoms with Crippen molar-refractivity contribution in [2.45, 2.75) is 38.2 Å². The number of hydrogen-bond donors (Lipinski definition) is 2. The molecular weight excluding hydrogens is 198 g/mol. The summed E-state index contributed by atoms with van der Waals surface area (Å²) in [5.41, 5.74) is 0. The zero-order chi connectivity index (χ0) is 11.1. The molecule has 0 bridgehead atoms. The van der Waals surface area contributed by atoms with Crippen molar-refractivity contribution in [1.29, 1.82) is 0 Å². The molecule has 86 valence electrons. The van der Waals surface area contributed by atoms with Crippen molar-refractivity contribution in [3.8, 4) is 0 Å². The number of aliphatic carboxylic acids is 1. The van der Waals surface area contributed by atoms with E-state index in [-0.39, 0.29) is 18.4 Å². The number of carbonyl (C=O) groups excluding carboxylic acids is 1. The molecule has 2 N–H and O–H groups in total. The minimum Gasteiger partial charge on any atom is -0.481 e. The average Bonchev–Trinajstić information content (AvgIpc) is 2.64. The molecule has 1 aliphatic heterocycles. The smallest absolute Gasteiger partial charge is 0.303 e. The van der Waals surface area contributed by atoms with Crippen LogP contribution in [0.15, 0.2) is 0 Å². The van der Waals surface area contributed by atoms with Crippen LogP contribution in [0, 0.1) is 0 Å². The third-order valence-electron chi connectivity index (χ3n) is 2.33. The summed E-state index contributed by atoms with van der Waals surface area (Å²) < 4.78 is 5.31. The molecule has 0 aliphatic carbocycles. The molecule has 1 rings (SSSR count). The first-order chi connectivity index (χ1) is 7.18. The molecular formula is C10H17NO4. The van der Waals surface area contributed by atoms with Gasteiger partial charge < -0.3 is 15.2 Å². The van der Waals surface area contributed by atoms with Gasteiger partial charge in [0.15, 0.2) is 0 Å². The normalized spacial score (nSPS) is 20.1. The molecule has 1 fully saturated rings. The fourth-order valence-corrected chi connectivity index (χ4v) is 1.55. The van der Waals surface area contributed by atoms with Crippen LogP contribution in [0.5, 0.6) is 0 Å². The molecule has 1 atom stereocenters. The summed E-state index contributed by atoms with van der Waals surface area (Å²) in [5, 5.41) is 11.1. The molecule has 1 heterocycles. The minimum absolute atomic E-state index is 0.0488. The van der Waals surface area contributed by atoms with Crippen molar-refractivity contribution in [2.75, 3.05) is 13.2 Å². The summed E-state index contributed by atoms with van der Waals surface area (Å²) in [4.78, 5) is 21.5. The zero-order valence-corrected chi connectivity index (χ0v) is 8.70. The van der Waals surface area contributed by atoms with Crippen LogP contribution in [0.2, 0.25) is 0 Å². The fraction of sp³-hybridized carbons (Fsp3) is 0.800. The summed E-state index contributed by atoms with van der Waals surface area (Å²) >= 11 is 0. The van der Waals surface area contributed by atoms with Gasteiger partial charge in [-0.15, -0.1) is 0 Å². The van der Waals surface area contributed by atoms with E-state index in [2.05, 4.69) is 5.32 Å². The summed E-state index contributed by atoms with van der Waals surface area (Å²) in [6.45, 7) is 1.18. The van der Waals surface area contributed by atoms with Gasteiger partial charge in [-0.1, -0.05) is 0 Å². The number of ether oxygens (including phenoxy) is 1. The van der Waals surface area contributed by atoms with Crippen LogP contribution in [0.3, 0.4) is 0 Å². The Morgan fingerprint density at radius 3 is 2.87 bits per heavy atom. The van der Waals surface area contributed by atoms with Crippen molar-refractivity contribution in [1.82, 2.24) is 5.32 Å². The molecule has 0 aromatic rings. The molecule has 5 heteroatoms. The molecule has 0 aromatic carbocycles. The largest absolute Gasteiger partial charge is 0.481 e. The number of amides is 1. The Bertz CT molecular complexity index is 223. The number of carbonyl (C=O) groups is 2. The highest BCUT2D eigenvalue weighted by molar-refractivity contribution is 5.76. The van der Waals surface area contributed by atoms with Crippen molar-refractivity contribution in [3.05, 3.63) is 0 Å². The number of hydrogen-bond acceptors (Lipinski definition) is 3.